The van der Waals surface area contributed by atoms with E-state index < -0.39 is 0 Å². The SMILES string of the molecule is COCCNCc1ncn(C2CCOC3(CCC3)C2)n1. The Balaban J connectivity index is 1.53. The number of hydrogen-bond acceptors (Lipinski definition) is 5. The fraction of sp³-hybridized carbons (Fsp3) is 0.857. The maximum absolute atomic E-state index is 5.96. The maximum atomic E-state index is 5.96. The second-order valence-corrected chi connectivity index (χ2v) is 5.84. The quantitative estimate of drug-likeness (QED) is 0.796. The lowest BCUT2D eigenvalue weighted by Gasteiger charge is -2.47. The van der Waals surface area contributed by atoms with Crippen LogP contribution in [-0.2, 0) is 16.0 Å². The standard InChI is InChI=1S/C14H24N4O2/c1-19-8-6-15-10-13-16-11-18(17-13)12-3-7-20-14(9-12)4-2-5-14/h11-12,15H,2-10H2,1H3. The van der Waals surface area contributed by atoms with Gasteiger partial charge in [0.1, 0.15) is 6.33 Å². The van der Waals surface area contributed by atoms with Crippen LogP contribution in [0.2, 0.25) is 0 Å². The molecule has 112 valence electrons. The Morgan fingerprint density at radius 3 is 3.20 bits per heavy atom. The van der Waals surface area contributed by atoms with E-state index in [0.29, 0.717) is 19.2 Å². The molecule has 2 aliphatic rings. The highest BCUT2D eigenvalue weighted by atomic mass is 16.5. The third kappa shape index (κ3) is 3.02. The van der Waals surface area contributed by atoms with Crippen molar-refractivity contribution in [1.82, 2.24) is 20.1 Å². The van der Waals surface area contributed by atoms with Crippen LogP contribution in [0.5, 0.6) is 0 Å². The molecule has 6 nitrogen and oxygen atoms in total. The summed E-state index contributed by atoms with van der Waals surface area (Å²) in [6.45, 7) is 3.09. The van der Waals surface area contributed by atoms with E-state index in [4.69, 9.17) is 9.47 Å². The van der Waals surface area contributed by atoms with Crippen LogP contribution < -0.4 is 5.32 Å². The van der Waals surface area contributed by atoms with Crippen molar-refractivity contribution in [2.75, 3.05) is 26.9 Å². The molecule has 2 heterocycles. The van der Waals surface area contributed by atoms with Crippen molar-refractivity contribution in [3.05, 3.63) is 12.2 Å². The molecule has 2 fully saturated rings. The lowest BCUT2D eigenvalue weighted by Crippen LogP contribution is -2.46. The van der Waals surface area contributed by atoms with Gasteiger partial charge in [0, 0.05) is 20.3 Å². The lowest BCUT2D eigenvalue weighted by atomic mass is 9.74. The van der Waals surface area contributed by atoms with Gasteiger partial charge in [-0.25, -0.2) is 9.67 Å². The minimum absolute atomic E-state index is 0.158. The fourth-order valence-electron chi connectivity index (χ4n) is 3.09. The van der Waals surface area contributed by atoms with Crippen molar-refractivity contribution >= 4 is 0 Å². The second-order valence-electron chi connectivity index (χ2n) is 5.84. The first kappa shape index (κ1) is 14.0. The first-order valence-corrected chi connectivity index (χ1v) is 7.55. The molecular weight excluding hydrogens is 256 g/mol. The van der Waals surface area contributed by atoms with Crippen LogP contribution >= 0.6 is 0 Å². The molecule has 1 unspecified atom stereocenters. The van der Waals surface area contributed by atoms with Gasteiger partial charge in [0.25, 0.3) is 0 Å². The molecule has 1 spiro atoms. The van der Waals surface area contributed by atoms with Crippen LogP contribution in [0.1, 0.15) is 44.0 Å². The molecule has 1 aromatic rings. The Morgan fingerprint density at radius 2 is 2.45 bits per heavy atom. The van der Waals surface area contributed by atoms with Gasteiger partial charge in [0.15, 0.2) is 5.82 Å². The highest BCUT2D eigenvalue weighted by Gasteiger charge is 2.43. The highest BCUT2D eigenvalue weighted by molar-refractivity contribution is 4.96. The van der Waals surface area contributed by atoms with Crippen LogP contribution in [0.25, 0.3) is 0 Å². The molecule has 1 atom stereocenters. The number of nitrogens with one attached hydrogen (secondary N) is 1. The van der Waals surface area contributed by atoms with E-state index >= 15 is 0 Å². The van der Waals surface area contributed by atoms with E-state index in [-0.39, 0.29) is 5.60 Å². The summed E-state index contributed by atoms with van der Waals surface area (Å²) in [4.78, 5) is 4.39. The third-order valence-electron chi connectivity index (χ3n) is 4.43. The maximum Gasteiger partial charge on any atom is 0.164 e. The summed E-state index contributed by atoms with van der Waals surface area (Å²) in [5, 5.41) is 7.87. The van der Waals surface area contributed by atoms with Crippen LogP contribution in [0.15, 0.2) is 6.33 Å². The van der Waals surface area contributed by atoms with Crippen LogP contribution in [0.4, 0.5) is 0 Å². The van der Waals surface area contributed by atoms with Crippen molar-refractivity contribution < 1.29 is 9.47 Å². The summed E-state index contributed by atoms with van der Waals surface area (Å²) >= 11 is 0. The molecule has 1 aliphatic heterocycles. The molecule has 0 bridgehead atoms. The highest BCUT2D eigenvalue weighted by Crippen LogP contribution is 2.45. The average Bonchev–Trinajstić information content (AvgIpc) is 2.91. The Kier molecular flexibility index (Phi) is 4.33. The Bertz CT molecular complexity index is 431. The van der Waals surface area contributed by atoms with Gasteiger partial charge in [-0.15, -0.1) is 0 Å². The van der Waals surface area contributed by atoms with Crippen LogP contribution in [0.3, 0.4) is 0 Å². The summed E-state index contributed by atoms with van der Waals surface area (Å²) < 4.78 is 13.0. The molecule has 1 N–H and O–H groups in total. The molecule has 0 aromatic carbocycles. The van der Waals surface area contributed by atoms with Gasteiger partial charge in [0.2, 0.25) is 0 Å². The van der Waals surface area contributed by atoms with Crippen molar-refractivity contribution in [3.63, 3.8) is 0 Å². The fourth-order valence-corrected chi connectivity index (χ4v) is 3.09. The Morgan fingerprint density at radius 1 is 1.55 bits per heavy atom. The summed E-state index contributed by atoms with van der Waals surface area (Å²) in [6, 6.07) is 0.448. The number of aromatic nitrogens is 3. The largest absolute Gasteiger partial charge is 0.383 e. The summed E-state index contributed by atoms with van der Waals surface area (Å²) in [6.07, 6.45) is 7.73. The van der Waals surface area contributed by atoms with Crippen molar-refractivity contribution in [2.24, 2.45) is 0 Å². The second kappa shape index (κ2) is 6.20. The summed E-state index contributed by atoms with van der Waals surface area (Å²) in [5.41, 5.74) is 0.158. The van der Waals surface area contributed by atoms with Crippen molar-refractivity contribution in [1.29, 1.82) is 0 Å². The number of methoxy groups -OCH3 is 1. The van der Waals surface area contributed by atoms with Crippen LogP contribution in [0, 0.1) is 0 Å². The topological polar surface area (TPSA) is 61.2 Å². The third-order valence-corrected chi connectivity index (χ3v) is 4.43. The van der Waals surface area contributed by atoms with Gasteiger partial charge < -0.3 is 14.8 Å². The van der Waals surface area contributed by atoms with E-state index in [1.807, 2.05) is 11.0 Å². The Labute approximate surface area is 119 Å². The lowest BCUT2D eigenvalue weighted by molar-refractivity contribution is -0.141. The van der Waals surface area contributed by atoms with Gasteiger partial charge in [-0.1, -0.05) is 0 Å². The van der Waals surface area contributed by atoms with E-state index in [0.717, 1.165) is 31.8 Å². The van der Waals surface area contributed by atoms with E-state index in [1.54, 1.807) is 7.11 Å². The van der Waals surface area contributed by atoms with Crippen molar-refractivity contribution in [2.45, 2.75) is 50.3 Å². The molecule has 1 saturated heterocycles. The minimum atomic E-state index is 0.158. The zero-order valence-corrected chi connectivity index (χ0v) is 12.2. The number of hydrogen-bond donors (Lipinski definition) is 1. The summed E-state index contributed by atoms with van der Waals surface area (Å²) in [7, 11) is 1.70. The zero-order valence-electron chi connectivity index (χ0n) is 12.2. The van der Waals surface area contributed by atoms with E-state index in [2.05, 4.69) is 15.4 Å². The molecule has 1 saturated carbocycles. The van der Waals surface area contributed by atoms with E-state index in [1.165, 1.54) is 19.3 Å². The predicted molar refractivity (Wildman–Crippen MR) is 74.4 cm³/mol. The van der Waals surface area contributed by atoms with Gasteiger partial charge in [-0.2, -0.15) is 5.10 Å². The normalized spacial score (nSPS) is 24.8. The molecule has 0 amide bonds. The molecule has 1 aromatic heterocycles. The smallest absolute Gasteiger partial charge is 0.164 e. The van der Waals surface area contributed by atoms with Gasteiger partial charge in [0.05, 0.1) is 24.8 Å². The first-order valence-electron chi connectivity index (χ1n) is 7.55. The van der Waals surface area contributed by atoms with Crippen molar-refractivity contribution in [3.8, 4) is 0 Å². The Hall–Kier alpha value is -0.980. The average molecular weight is 280 g/mol. The molecular formula is C14H24N4O2. The molecule has 1 aliphatic carbocycles. The monoisotopic (exact) mass is 280 g/mol. The molecule has 20 heavy (non-hydrogen) atoms. The minimum Gasteiger partial charge on any atom is -0.383 e. The zero-order chi connectivity index (χ0) is 13.8. The van der Waals surface area contributed by atoms with Gasteiger partial charge in [-0.3, -0.25) is 0 Å². The summed E-state index contributed by atoms with van der Waals surface area (Å²) in [5.74, 6) is 0.857. The van der Waals surface area contributed by atoms with E-state index in [9.17, 15) is 0 Å². The number of ether oxygens (including phenoxy) is 2. The first-order chi connectivity index (χ1) is 9.81. The molecule has 0 radical (unpaired) electrons. The number of rotatable bonds is 6. The van der Waals surface area contributed by atoms with Gasteiger partial charge >= 0.3 is 0 Å². The predicted octanol–water partition coefficient (Wildman–Crippen LogP) is 1.29. The number of nitrogens with zero attached hydrogens (tertiary/aromatic N) is 3. The molecule has 3 rings (SSSR count). The van der Waals surface area contributed by atoms with Crippen LogP contribution in [-0.4, -0.2) is 47.2 Å². The molecule has 6 heteroatoms. The van der Waals surface area contributed by atoms with Gasteiger partial charge in [-0.05, 0) is 32.1 Å².